The SMILES string of the molecule is Cn1c(=NC(=O)CSCC(=O)N2CCc3ccccc32)sc2cc(Cl)ccc21. The van der Waals surface area contributed by atoms with Crippen LogP contribution in [0.15, 0.2) is 47.5 Å². The number of hydrogen-bond donors (Lipinski definition) is 0. The number of fused-ring (bicyclic) bond motifs is 2. The van der Waals surface area contributed by atoms with Crippen LogP contribution < -0.4 is 9.70 Å². The number of hydrogen-bond acceptors (Lipinski definition) is 4. The van der Waals surface area contributed by atoms with Crippen molar-refractivity contribution >= 4 is 62.4 Å². The summed E-state index contributed by atoms with van der Waals surface area (Å²) in [7, 11) is 1.88. The van der Waals surface area contributed by atoms with E-state index in [-0.39, 0.29) is 23.3 Å². The molecule has 0 unspecified atom stereocenters. The van der Waals surface area contributed by atoms with Crippen molar-refractivity contribution in [3.8, 4) is 0 Å². The second-order valence-electron chi connectivity index (χ2n) is 6.48. The average Bonchev–Trinajstić information content (AvgIpc) is 3.23. The highest BCUT2D eigenvalue weighted by atomic mass is 35.5. The lowest BCUT2D eigenvalue weighted by Gasteiger charge is -2.16. The molecule has 4 rings (SSSR count). The Kier molecular flexibility index (Phi) is 5.57. The van der Waals surface area contributed by atoms with E-state index in [0.29, 0.717) is 16.4 Å². The summed E-state index contributed by atoms with van der Waals surface area (Å²) < 4.78 is 2.86. The van der Waals surface area contributed by atoms with Gasteiger partial charge in [0.15, 0.2) is 4.80 Å². The Morgan fingerprint density at radius 1 is 1.21 bits per heavy atom. The molecule has 5 nitrogen and oxygen atoms in total. The minimum atomic E-state index is -0.243. The summed E-state index contributed by atoms with van der Waals surface area (Å²) in [5.41, 5.74) is 3.17. The molecule has 0 bridgehead atoms. The van der Waals surface area contributed by atoms with Gasteiger partial charge in [-0.2, -0.15) is 4.99 Å². The molecule has 1 aliphatic rings. The molecular formula is C20H18ClN3O2S2. The fraction of sp³-hybridized carbons (Fsp3) is 0.250. The van der Waals surface area contributed by atoms with Crippen LogP contribution in [0.3, 0.4) is 0 Å². The normalized spacial score (nSPS) is 13.9. The molecule has 3 aromatic rings. The molecule has 0 radical (unpaired) electrons. The molecule has 0 atom stereocenters. The molecular weight excluding hydrogens is 414 g/mol. The largest absolute Gasteiger partial charge is 0.319 e. The highest BCUT2D eigenvalue weighted by molar-refractivity contribution is 8.00. The van der Waals surface area contributed by atoms with Crippen LogP contribution in [-0.2, 0) is 23.1 Å². The van der Waals surface area contributed by atoms with E-state index in [2.05, 4.69) is 11.1 Å². The average molecular weight is 432 g/mol. The standard InChI is InChI=1S/C20H18ClN3O2S2/c1-23-16-7-6-14(21)10-17(16)28-20(23)22-18(25)11-27-12-19(26)24-9-8-13-4-2-3-5-15(13)24/h2-7,10H,8-9,11-12H2,1H3. The first-order valence-electron chi connectivity index (χ1n) is 8.81. The second kappa shape index (κ2) is 8.11. The first kappa shape index (κ1) is 19.2. The zero-order valence-electron chi connectivity index (χ0n) is 15.2. The van der Waals surface area contributed by atoms with Crippen LogP contribution >= 0.6 is 34.7 Å². The Bertz CT molecular complexity index is 1140. The van der Waals surface area contributed by atoms with Gasteiger partial charge in [-0.05, 0) is 36.2 Å². The third-order valence-corrected chi connectivity index (χ3v) is 6.86. The Labute approximate surface area is 175 Å². The predicted molar refractivity (Wildman–Crippen MR) is 116 cm³/mol. The lowest BCUT2D eigenvalue weighted by atomic mass is 10.2. The number of halogens is 1. The third kappa shape index (κ3) is 3.87. The summed E-state index contributed by atoms with van der Waals surface area (Å²) in [6.07, 6.45) is 0.882. The smallest absolute Gasteiger partial charge is 0.258 e. The Hall–Kier alpha value is -2.09. The topological polar surface area (TPSA) is 54.7 Å². The lowest BCUT2D eigenvalue weighted by Crippen LogP contribution is -2.30. The van der Waals surface area contributed by atoms with Crippen molar-refractivity contribution < 1.29 is 9.59 Å². The van der Waals surface area contributed by atoms with Gasteiger partial charge in [0.2, 0.25) is 5.91 Å². The molecule has 0 saturated carbocycles. The minimum absolute atomic E-state index is 0.0322. The summed E-state index contributed by atoms with van der Waals surface area (Å²) in [6.45, 7) is 0.706. The van der Waals surface area contributed by atoms with Crippen LogP contribution in [0.25, 0.3) is 10.2 Å². The van der Waals surface area contributed by atoms with E-state index in [9.17, 15) is 9.59 Å². The molecule has 1 aliphatic heterocycles. The third-order valence-electron chi connectivity index (χ3n) is 4.63. The molecule has 1 aromatic heterocycles. The summed E-state index contributed by atoms with van der Waals surface area (Å²) in [5.74, 6) is 0.234. The maximum absolute atomic E-state index is 12.5. The quantitative estimate of drug-likeness (QED) is 0.633. The molecule has 0 spiro atoms. The number of carbonyl (C=O) groups is 2. The minimum Gasteiger partial charge on any atom is -0.319 e. The Balaban J connectivity index is 1.38. The van der Waals surface area contributed by atoms with Gasteiger partial charge in [0, 0.05) is 24.3 Å². The fourth-order valence-electron chi connectivity index (χ4n) is 3.25. The summed E-state index contributed by atoms with van der Waals surface area (Å²) in [6, 6.07) is 13.6. The molecule has 0 fully saturated rings. The van der Waals surface area contributed by atoms with Gasteiger partial charge in [0.05, 0.1) is 21.7 Å². The van der Waals surface area contributed by atoms with Crippen LogP contribution in [-0.4, -0.2) is 34.4 Å². The molecule has 28 heavy (non-hydrogen) atoms. The number of carbonyl (C=O) groups excluding carboxylic acids is 2. The number of rotatable bonds is 4. The maximum Gasteiger partial charge on any atom is 0.258 e. The number of benzene rings is 2. The van der Waals surface area contributed by atoms with Crippen molar-refractivity contribution in [2.24, 2.45) is 12.0 Å². The molecule has 2 heterocycles. The molecule has 8 heteroatoms. The zero-order chi connectivity index (χ0) is 19.7. The highest BCUT2D eigenvalue weighted by Crippen LogP contribution is 2.28. The number of aryl methyl sites for hydroxylation is 1. The molecule has 144 valence electrons. The van der Waals surface area contributed by atoms with Crippen molar-refractivity contribution in [2.45, 2.75) is 6.42 Å². The van der Waals surface area contributed by atoms with Gasteiger partial charge in [-0.15, -0.1) is 11.8 Å². The predicted octanol–water partition coefficient (Wildman–Crippen LogP) is 3.64. The van der Waals surface area contributed by atoms with Gasteiger partial charge in [-0.25, -0.2) is 0 Å². The van der Waals surface area contributed by atoms with E-state index < -0.39 is 0 Å². The van der Waals surface area contributed by atoms with E-state index in [1.807, 2.05) is 48.0 Å². The van der Waals surface area contributed by atoms with Crippen LogP contribution in [0.1, 0.15) is 5.56 Å². The number of amides is 2. The number of thioether (sulfide) groups is 1. The van der Waals surface area contributed by atoms with Gasteiger partial charge in [-0.1, -0.05) is 41.1 Å². The molecule has 0 saturated heterocycles. The molecule has 0 aliphatic carbocycles. The molecule has 2 amide bonds. The van der Waals surface area contributed by atoms with E-state index in [1.54, 1.807) is 4.90 Å². The van der Waals surface area contributed by atoms with E-state index >= 15 is 0 Å². The highest BCUT2D eigenvalue weighted by Gasteiger charge is 2.23. The van der Waals surface area contributed by atoms with Crippen molar-refractivity contribution in [3.63, 3.8) is 0 Å². The number of nitrogens with zero attached hydrogens (tertiary/aromatic N) is 3. The lowest BCUT2D eigenvalue weighted by molar-refractivity contribution is -0.116. The van der Waals surface area contributed by atoms with Gasteiger partial charge < -0.3 is 9.47 Å². The Morgan fingerprint density at radius 2 is 2.04 bits per heavy atom. The van der Waals surface area contributed by atoms with E-state index in [1.165, 1.54) is 28.7 Å². The van der Waals surface area contributed by atoms with Crippen LogP contribution in [0.5, 0.6) is 0 Å². The fourth-order valence-corrected chi connectivity index (χ4v) is 5.24. The van der Waals surface area contributed by atoms with Crippen LogP contribution in [0, 0.1) is 0 Å². The van der Waals surface area contributed by atoms with Gasteiger partial charge >= 0.3 is 0 Å². The van der Waals surface area contributed by atoms with E-state index in [4.69, 9.17) is 11.6 Å². The van der Waals surface area contributed by atoms with Crippen molar-refractivity contribution in [1.82, 2.24) is 4.57 Å². The number of aromatic nitrogens is 1. The number of thiazole rings is 1. The summed E-state index contributed by atoms with van der Waals surface area (Å²) >= 11 is 8.76. The first-order chi connectivity index (χ1) is 13.5. The number of anilines is 1. The van der Waals surface area contributed by atoms with Crippen LogP contribution in [0.2, 0.25) is 5.02 Å². The van der Waals surface area contributed by atoms with Crippen LogP contribution in [0.4, 0.5) is 5.69 Å². The number of para-hydroxylation sites is 1. The Morgan fingerprint density at radius 3 is 2.89 bits per heavy atom. The van der Waals surface area contributed by atoms with Crippen molar-refractivity contribution in [3.05, 3.63) is 57.9 Å². The second-order valence-corrected chi connectivity index (χ2v) is 8.91. The maximum atomic E-state index is 12.5. The monoisotopic (exact) mass is 431 g/mol. The van der Waals surface area contributed by atoms with Gasteiger partial charge in [0.1, 0.15) is 0 Å². The zero-order valence-corrected chi connectivity index (χ0v) is 17.6. The van der Waals surface area contributed by atoms with Crippen molar-refractivity contribution in [1.29, 1.82) is 0 Å². The summed E-state index contributed by atoms with van der Waals surface area (Å²) in [4.78, 5) is 31.4. The van der Waals surface area contributed by atoms with Gasteiger partial charge in [0.25, 0.3) is 5.91 Å². The molecule has 0 N–H and O–H groups in total. The summed E-state index contributed by atoms with van der Waals surface area (Å²) in [5, 5.41) is 0.657. The van der Waals surface area contributed by atoms with Gasteiger partial charge in [-0.3, -0.25) is 9.59 Å². The van der Waals surface area contributed by atoms with Crippen molar-refractivity contribution in [2.75, 3.05) is 23.0 Å². The van der Waals surface area contributed by atoms with E-state index in [0.717, 1.165) is 22.3 Å². The first-order valence-corrected chi connectivity index (χ1v) is 11.2. The molecule has 2 aromatic carbocycles.